The molecule has 9 heteroatoms. The Morgan fingerprint density at radius 2 is 2.20 bits per heavy atom. The van der Waals surface area contributed by atoms with E-state index < -0.39 is 37.0 Å². The van der Waals surface area contributed by atoms with E-state index >= 15 is 0 Å². The van der Waals surface area contributed by atoms with Crippen molar-refractivity contribution < 1.29 is 17.7 Å². The number of nitrogen functional groups attached to an aromatic ring is 1. The third-order valence-electron chi connectivity index (χ3n) is 3.29. The number of nitrogens with two attached hydrogens (primary N) is 1. The minimum atomic E-state index is -4.12. The highest BCUT2D eigenvalue weighted by Gasteiger charge is 2.40. The van der Waals surface area contributed by atoms with Gasteiger partial charge in [-0.1, -0.05) is 13.3 Å². The lowest BCUT2D eigenvalue weighted by Gasteiger charge is -2.09. The Morgan fingerprint density at radius 3 is 2.65 bits per heavy atom. The lowest BCUT2D eigenvalue weighted by Crippen LogP contribution is -2.28. The molecule has 1 saturated carbocycles. The van der Waals surface area contributed by atoms with Gasteiger partial charge < -0.3 is 5.73 Å². The summed E-state index contributed by atoms with van der Waals surface area (Å²) in [6, 6.07) is 1.16. The molecule has 0 amide bonds. The number of nitro groups is 1. The Labute approximate surface area is 115 Å². The van der Waals surface area contributed by atoms with Crippen LogP contribution in [0.25, 0.3) is 0 Å². The highest BCUT2D eigenvalue weighted by molar-refractivity contribution is 7.89. The van der Waals surface area contributed by atoms with Gasteiger partial charge in [-0.3, -0.25) is 10.1 Å². The molecule has 0 saturated heterocycles. The maximum absolute atomic E-state index is 13.8. The number of hydrogen-bond acceptors (Lipinski definition) is 5. The molecule has 1 aliphatic rings. The zero-order valence-electron chi connectivity index (χ0n) is 10.7. The normalized spacial score (nSPS) is 21.7. The van der Waals surface area contributed by atoms with Crippen LogP contribution in [0.5, 0.6) is 0 Å². The first-order valence-electron chi connectivity index (χ1n) is 6.02. The van der Waals surface area contributed by atoms with Crippen LogP contribution in [-0.2, 0) is 10.0 Å². The van der Waals surface area contributed by atoms with Crippen LogP contribution < -0.4 is 10.5 Å². The zero-order valence-corrected chi connectivity index (χ0v) is 11.5. The average molecular weight is 303 g/mol. The van der Waals surface area contributed by atoms with Crippen molar-refractivity contribution in [3.63, 3.8) is 0 Å². The second-order valence-electron chi connectivity index (χ2n) is 4.73. The number of rotatable bonds is 5. The molecule has 2 atom stereocenters. The summed E-state index contributed by atoms with van der Waals surface area (Å²) in [5.41, 5.74) is 4.39. The van der Waals surface area contributed by atoms with Gasteiger partial charge in [0.1, 0.15) is 4.90 Å². The minimum Gasteiger partial charge on any atom is -0.397 e. The van der Waals surface area contributed by atoms with Gasteiger partial charge >= 0.3 is 0 Å². The number of nitrogens with one attached hydrogen (secondary N) is 1. The smallest absolute Gasteiger partial charge is 0.274 e. The van der Waals surface area contributed by atoms with E-state index in [1.54, 1.807) is 0 Å². The van der Waals surface area contributed by atoms with Gasteiger partial charge in [0.25, 0.3) is 5.69 Å². The quantitative estimate of drug-likeness (QED) is 0.484. The molecule has 7 nitrogen and oxygen atoms in total. The maximum Gasteiger partial charge on any atom is 0.274 e. The number of nitro benzene ring substituents is 1. The first kappa shape index (κ1) is 14.7. The third kappa shape index (κ3) is 2.73. The van der Waals surface area contributed by atoms with E-state index in [1.807, 2.05) is 6.92 Å². The molecular weight excluding hydrogens is 289 g/mol. The van der Waals surface area contributed by atoms with Crippen molar-refractivity contribution in [2.75, 3.05) is 5.73 Å². The van der Waals surface area contributed by atoms with Crippen LogP contribution in [0.1, 0.15) is 19.8 Å². The summed E-state index contributed by atoms with van der Waals surface area (Å²) in [6.07, 6.45) is 1.52. The fraction of sp³-hybridized carbons (Fsp3) is 0.455. The predicted octanol–water partition coefficient (Wildman–Crippen LogP) is 1.39. The van der Waals surface area contributed by atoms with Gasteiger partial charge in [-0.2, -0.15) is 0 Å². The van der Waals surface area contributed by atoms with E-state index in [0.717, 1.165) is 12.5 Å². The molecule has 0 heterocycles. The molecule has 2 rings (SSSR count). The second kappa shape index (κ2) is 4.98. The molecule has 1 aromatic carbocycles. The van der Waals surface area contributed by atoms with Gasteiger partial charge in [0.15, 0.2) is 5.82 Å². The summed E-state index contributed by atoms with van der Waals surface area (Å²) in [5.74, 6) is -0.981. The number of non-ortho nitro benzene ring substituents is 1. The fourth-order valence-electron chi connectivity index (χ4n) is 2.09. The standard InChI is InChI=1S/C11H14FN3O4S/c1-2-6-3-10(6)14-20(18,19)11-8(12)4-7(15(16)17)5-9(11)13/h4-6,10,14H,2-3,13H2,1H3. The molecule has 110 valence electrons. The Kier molecular flexibility index (Phi) is 3.65. The molecule has 1 aliphatic carbocycles. The van der Waals surface area contributed by atoms with Gasteiger partial charge in [0, 0.05) is 12.1 Å². The van der Waals surface area contributed by atoms with Crippen LogP contribution in [0, 0.1) is 21.8 Å². The largest absolute Gasteiger partial charge is 0.397 e. The number of sulfonamides is 1. The molecule has 0 radical (unpaired) electrons. The van der Waals surface area contributed by atoms with Crippen molar-refractivity contribution >= 4 is 21.4 Å². The van der Waals surface area contributed by atoms with Crippen molar-refractivity contribution in [1.82, 2.24) is 4.72 Å². The fourth-order valence-corrected chi connectivity index (χ4v) is 3.58. The van der Waals surface area contributed by atoms with Gasteiger partial charge in [0.2, 0.25) is 10.0 Å². The summed E-state index contributed by atoms with van der Waals surface area (Å²) < 4.78 is 40.3. The summed E-state index contributed by atoms with van der Waals surface area (Å²) in [5, 5.41) is 10.6. The molecule has 1 fully saturated rings. The first-order valence-corrected chi connectivity index (χ1v) is 7.50. The number of hydrogen-bond donors (Lipinski definition) is 2. The summed E-state index contributed by atoms with van der Waals surface area (Å²) >= 11 is 0. The number of benzene rings is 1. The Balaban J connectivity index is 2.35. The highest BCUT2D eigenvalue weighted by Crippen LogP contribution is 2.35. The Bertz CT molecular complexity index is 639. The van der Waals surface area contributed by atoms with Crippen molar-refractivity contribution in [2.24, 2.45) is 5.92 Å². The number of nitrogens with zero attached hydrogens (tertiary/aromatic N) is 1. The predicted molar refractivity (Wildman–Crippen MR) is 70.0 cm³/mol. The van der Waals surface area contributed by atoms with Gasteiger partial charge in [0.05, 0.1) is 16.7 Å². The second-order valence-corrected chi connectivity index (χ2v) is 6.39. The molecule has 1 aromatic rings. The summed E-state index contributed by atoms with van der Waals surface area (Å²) in [7, 11) is -4.12. The third-order valence-corrected chi connectivity index (χ3v) is 4.87. The van der Waals surface area contributed by atoms with Crippen molar-refractivity contribution in [3.05, 3.63) is 28.1 Å². The van der Waals surface area contributed by atoms with E-state index in [0.29, 0.717) is 12.5 Å². The SMILES string of the molecule is CCC1CC1NS(=O)(=O)c1c(N)cc([N+](=O)[O-])cc1F. The average Bonchev–Trinajstić information content (AvgIpc) is 3.04. The molecule has 0 spiro atoms. The highest BCUT2D eigenvalue weighted by atomic mass is 32.2. The zero-order chi connectivity index (χ0) is 15.1. The van der Waals surface area contributed by atoms with Crippen molar-refractivity contribution in [1.29, 1.82) is 0 Å². The molecule has 0 bridgehead atoms. The summed E-state index contributed by atoms with van der Waals surface area (Å²) in [6.45, 7) is 1.93. The van der Waals surface area contributed by atoms with E-state index in [-0.39, 0.29) is 12.0 Å². The Hall–Kier alpha value is -1.74. The lowest BCUT2D eigenvalue weighted by atomic mass is 10.3. The molecular formula is C11H14FN3O4S. The monoisotopic (exact) mass is 303 g/mol. The van der Waals surface area contributed by atoms with E-state index in [4.69, 9.17) is 5.73 Å². The van der Waals surface area contributed by atoms with Crippen LogP contribution in [-0.4, -0.2) is 19.4 Å². The lowest BCUT2D eigenvalue weighted by molar-refractivity contribution is -0.385. The van der Waals surface area contributed by atoms with E-state index in [9.17, 15) is 22.9 Å². The van der Waals surface area contributed by atoms with Crippen molar-refractivity contribution in [3.8, 4) is 0 Å². The first-order chi connectivity index (χ1) is 9.26. The van der Waals surface area contributed by atoms with Crippen LogP contribution in [0.4, 0.5) is 15.8 Å². The van der Waals surface area contributed by atoms with Crippen LogP contribution in [0.2, 0.25) is 0 Å². The molecule has 20 heavy (non-hydrogen) atoms. The molecule has 3 N–H and O–H groups in total. The minimum absolute atomic E-state index is 0.223. The van der Waals surface area contributed by atoms with Crippen LogP contribution in [0.15, 0.2) is 17.0 Å². The topological polar surface area (TPSA) is 115 Å². The van der Waals surface area contributed by atoms with Gasteiger partial charge in [-0.15, -0.1) is 0 Å². The molecule has 2 unspecified atom stereocenters. The maximum atomic E-state index is 13.8. The van der Waals surface area contributed by atoms with Gasteiger partial charge in [-0.25, -0.2) is 17.5 Å². The van der Waals surface area contributed by atoms with Crippen LogP contribution in [0.3, 0.4) is 0 Å². The van der Waals surface area contributed by atoms with E-state index in [2.05, 4.69) is 4.72 Å². The van der Waals surface area contributed by atoms with E-state index in [1.165, 1.54) is 0 Å². The van der Waals surface area contributed by atoms with Crippen LogP contribution >= 0.6 is 0 Å². The molecule has 0 aromatic heterocycles. The number of anilines is 1. The number of halogens is 1. The summed E-state index contributed by atoms with van der Waals surface area (Å²) in [4.78, 5) is 8.99. The molecule has 0 aliphatic heterocycles. The Morgan fingerprint density at radius 1 is 1.55 bits per heavy atom. The van der Waals surface area contributed by atoms with Gasteiger partial charge in [-0.05, 0) is 12.3 Å². The van der Waals surface area contributed by atoms with Crippen molar-refractivity contribution in [2.45, 2.75) is 30.7 Å².